The van der Waals surface area contributed by atoms with Gasteiger partial charge in [-0.1, -0.05) is 36.4 Å². The van der Waals surface area contributed by atoms with Gasteiger partial charge >= 0.3 is 0 Å². The Bertz CT molecular complexity index is 669. The van der Waals surface area contributed by atoms with E-state index in [1.165, 1.54) is 0 Å². The van der Waals surface area contributed by atoms with E-state index in [1.807, 2.05) is 42.5 Å². The second-order valence-corrected chi connectivity index (χ2v) is 4.14. The summed E-state index contributed by atoms with van der Waals surface area (Å²) in [5.41, 5.74) is 4.19. The van der Waals surface area contributed by atoms with E-state index >= 15 is 0 Å². The standard InChI is InChI=1S/C16H13N3/c1-2-4-14(5-3-1)16-15(18-12-19-16)7-6-13-8-10-17-11-9-13/h1-12H,(H,18,19)/b7-6+. The Morgan fingerprint density at radius 1 is 0.895 bits per heavy atom. The molecule has 0 spiro atoms. The number of H-pyrrole nitrogens is 1. The first kappa shape index (κ1) is 11.4. The molecule has 0 atom stereocenters. The van der Waals surface area contributed by atoms with Gasteiger partial charge in [-0.05, 0) is 23.8 Å². The van der Waals surface area contributed by atoms with Crippen LogP contribution in [0.2, 0.25) is 0 Å². The minimum atomic E-state index is 0.964. The molecule has 1 N–H and O–H groups in total. The predicted octanol–water partition coefficient (Wildman–Crippen LogP) is 3.64. The first-order valence-corrected chi connectivity index (χ1v) is 6.10. The fourth-order valence-electron chi connectivity index (χ4n) is 1.91. The molecule has 0 amide bonds. The molecule has 0 saturated carbocycles. The molecule has 1 aromatic carbocycles. The summed E-state index contributed by atoms with van der Waals surface area (Å²) in [6.07, 6.45) is 9.36. The molecule has 0 fully saturated rings. The fraction of sp³-hybridized carbons (Fsp3) is 0. The van der Waals surface area contributed by atoms with Crippen molar-refractivity contribution in [2.24, 2.45) is 0 Å². The van der Waals surface area contributed by atoms with Crippen LogP contribution in [0.25, 0.3) is 23.4 Å². The third-order valence-electron chi connectivity index (χ3n) is 2.86. The van der Waals surface area contributed by atoms with E-state index in [1.54, 1.807) is 18.7 Å². The maximum Gasteiger partial charge on any atom is 0.0954 e. The van der Waals surface area contributed by atoms with Crippen molar-refractivity contribution in [3.63, 3.8) is 0 Å². The van der Waals surface area contributed by atoms with Gasteiger partial charge in [-0.25, -0.2) is 4.98 Å². The molecule has 0 aliphatic carbocycles. The minimum Gasteiger partial charge on any atom is -0.345 e. The van der Waals surface area contributed by atoms with Gasteiger partial charge in [0.25, 0.3) is 0 Å². The maximum absolute atomic E-state index is 4.38. The van der Waals surface area contributed by atoms with Gasteiger partial charge in [-0.15, -0.1) is 0 Å². The van der Waals surface area contributed by atoms with Crippen LogP contribution in [0, 0.1) is 0 Å². The summed E-state index contributed by atoms with van der Waals surface area (Å²) in [6.45, 7) is 0. The van der Waals surface area contributed by atoms with Crippen LogP contribution in [0.3, 0.4) is 0 Å². The first-order valence-electron chi connectivity index (χ1n) is 6.10. The van der Waals surface area contributed by atoms with Gasteiger partial charge < -0.3 is 4.98 Å². The summed E-state index contributed by atoms with van der Waals surface area (Å²) in [6, 6.07) is 14.1. The largest absolute Gasteiger partial charge is 0.345 e. The number of aromatic amines is 1. The Balaban J connectivity index is 1.91. The van der Waals surface area contributed by atoms with Gasteiger partial charge in [-0.2, -0.15) is 0 Å². The van der Waals surface area contributed by atoms with Gasteiger partial charge in [0.1, 0.15) is 0 Å². The van der Waals surface area contributed by atoms with Crippen LogP contribution >= 0.6 is 0 Å². The van der Waals surface area contributed by atoms with Gasteiger partial charge in [0.15, 0.2) is 0 Å². The van der Waals surface area contributed by atoms with Crippen molar-refractivity contribution < 1.29 is 0 Å². The highest BCUT2D eigenvalue weighted by molar-refractivity contribution is 5.76. The summed E-state index contributed by atoms with van der Waals surface area (Å²) in [5, 5.41) is 0. The highest BCUT2D eigenvalue weighted by Gasteiger charge is 2.04. The average molecular weight is 247 g/mol. The Hall–Kier alpha value is -2.68. The molecule has 0 aliphatic heterocycles. The van der Waals surface area contributed by atoms with Crippen molar-refractivity contribution in [1.29, 1.82) is 0 Å². The van der Waals surface area contributed by atoms with E-state index < -0.39 is 0 Å². The molecule has 92 valence electrons. The molecule has 0 bridgehead atoms. The molecule has 3 heteroatoms. The van der Waals surface area contributed by atoms with Crippen molar-refractivity contribution in [2.75, 3.05) is 0 Å². The fourth-order valence-corrected chi connectivity index (χ4v) is 1.91. The lowest BCUT2D eigenvalue weighted by Crippen LogP contribution is -1.81. The molecule has 2 heterocycles. The summed E-state index contributed by atoms with van der Waals surface area (Å²) in [4.78, 5) is 11.5. The summed E-state index contributed by atoms with van der Waals surface area (Å²) >= 11 is 0. The van der Waals surface area contributed by atoms with Crippen molar-refractivity contribution in [1.82, 2.24) is 15.0 Å². The number of nitrogens with one attached hydrogen (secondary N) is 1. The lowest BCUT2D eigenvalue weighted by Gasteiger charge is -1.98. The molecule has 2 aromatic heterocycles. The van der Waals surface area contributed by atoms with Crippen LogP contribution in [0.15, 0.2) is 61.2 Å². The molecular formula is C16H13N3. The quantitative estimate of drug-likeness (QED) is 0.767. The van der Waals surface area contributed by atoms with Crippen LogP contribution in [0.1, 0.15) is 11.3 Å². The second kappa shape index (κ2) is 5.31. The van der Waals surface area contributed by atoms with Crippen LogP contribution < -0.4 is 0 Å². The Morgan fingerprint density at radius 2 is 1.68 bits per heavy atom. The zero-order valence-electron chi connectivity index (χ0n) is 10.3. The van der Waals surface area contributed by atoms with Gasteiger partial charge in [0, 0.05) is 18.0 Å². The van der Waals surface area contributed by atoms with Gasteiger partial charge in [0.05, 0.1) is 17.7 Å². The van der Waals surface area contributed by atoms with Crippen molar-refractivity contribution in [2.45, 2.75) is 0 Å². The number of rotatable bonds is 3. The highest BCUT2D eigenvalue weighted by Crippen LogP contribution is 2.21. The zero-order valence-corrected chi connectivity index (χ0v) is 10.3. The number of benzene rings is 1. The van der Waals surface area contributed by atoms with Crippen LogP contribution in [-0.2, 0) is 0 Å². The summed E-state index contributed by atoms with van der Waals surface area (Å²) in [7, 11) is 0. The number of aromatic nitrogens is 3. The molecule has 3 nitrogen and oxygen atoms in total. The topological polar surface area (TPSA) is 41.6 Å². The van der Waals surface area contributed by atoms with E-state index in [0.29, 0.717) is 0 Å². The van der Waals surface area contributed by atoms with Crippen molar-refractivity contribution in [3.8, 4) is 11.3 Å². The van der Waals surface area contributed by atoms with Crippen molar-refractivity contribution in [3.05, 3.63) is 72.4 Å². The predicted molar refractivity (Wildman–Crippen MR) is 77.2 cm³/mol. The molecule has 0 saturated heterocycles. The molecular weight excluding hydrogens is 234 g/mol. The molecule has 0 aliphatic rings. The van der Waals surface area contributed by atoms with Gasteiger partial charge in [-0.3, -0.25) is 4.98 Å². The summed E-state index contributed by atoms with van der Waals surface area (Å²) in [5.74, 6) is 0. The smallest absolute Gasteiger partial charge is 0.0954 e. The first-order chi connectivity index (χ1) is 9.43. The molecule has 3 aromatic rings. The minimum absolute atomic E-state index is 0.964. The number of nitrogens with zero attached hydrogens (tertiary/aromatic N) is 2. The third kappa shape index (κ3) is 2.60. The molecule has 0 radical (unpaired) electrons. The number of imidazole rings is 1. The molecule has 19 heavy (non-hydrogen) atoms. The van der Waals surface area contributed by atoms with Crippen LogP contribution in [0.4, 0.5) is 0 Å². The number of pyridine rings is 1. The van der Waals surface area contributed by atoms with E-state index in [4.69, 9.17) is 0 Å². The highest BCUT2D eigenvalue weighted by atomic mass is 14.9. The van der Waals surface area contributed by atoms with E-state index in [2.05, 4.69) is 27.1 Å². The monoisotopic (exact) mass is 247 g/mol. The zero-order chi connectivity index (χ0) is 12.9. The van der Waals surface area contributed by atoms with Crippen molar-refractivity contribution >= 4 is 12.2 Å². The SMILES string of the molecule is C(=C\c1[nH]cnc1-c1ccccc1)/c1ccncc1. The average Bonchev–Trinajstić information content (AvgIpc) is 2.95. The Labute approximate surface area is 111 Å². The van der Waals surface area contributed by atoms with E-state index in [9.17, 15) is 0 Å². The normalized spacial score (nSPS) is 10.9. The lowest BCUT2D eigenvalue weighted by molar-refractivity contribution is 1.31. The van der Waals surface area contributed by atoms with Gasteiger partial charge in [0.2, 0.25) is 0 Å². The molecule has 3 rings (SSSR count). The second-order valence-electron chi connectivity index (χ2n) is 4.14. The van der Waals surface area contributed by atoms with E-state index in [-0.39, 0.29) is 0 Å². The third-order valence-corrected chi connectivity index (χ3v) is 2.86. The van der Waals surface area contributed by atoms with E-state index in [0.717, 1.165) is 22.5 Å². The van der Waals surface area contributed by atoms with Crippen LogP contribution in [0.5, 0.6) is 0 Å². The lowest BCUT2D eigenvalue weighted by atomic mass is 10.1. The Morgan fingerprint density at radius 3 is 2.47 bits per heavy atom. The summed E-state index contributed by atoms with van der Waals surface area (Å²) < 4.78 is 0. The maximum atomic E-state index is 4.38. The number of hydrogen-bond donors (Lipinski definition) is 1. The van der Waals surface area contributed by atoms with Crippen LogP contribution in [-0.4, -0.2) is 15.0 Å². The molecule has 0 unspecified atom stereocenters. The number of hydrogen-bond acceptors (Lipinski definition) is 2. The Kier molecular flexibility index (Phi) is 3.19.